The molecule has 8 heteroatoms. The Kier molecular flexibility index (Phi) is 3.50. The highest BCUT2D eigenvalue weighted by atomic mass is 19.1. The van der Waals surface area contributed by atoms with Crippen molar-refractivity contribution < 1.29 is 9.31 Å². The van der Waals surface area contributed by atoms with Crippen LogP contribution < -0.4 is 0 Å². The third-order valence-corrected chi connectivity index (χ3v) is 3.89. The first-order valence-corrected chi connectivity index (χ1v) is 7.49. The summed E-state index contributed by atoms with van der Waals surface area (Å²) in [6.45, 7) is 0.430. The van der Waals surface area contributed by atoms with Gasteiger partial charge in [0.25, 0.3) is 5.69 Å². The fraction of sp³-hybridized carbons (Fsp3) is 0.0588. The van der Waals surface area contributed by atoms with Crippen molar-refractivity contribution in [1.29, 1.82) is 0 Å². The van der Waals surface area contributed by atoms with Gasteiger partial charge in [-0.1, -0.05) is 0 Å². The summed E-state index contributed by atoms with van der Waals surface area (Å²) in [5.74, 6) is 0.333. The highest BCUT2D eigenvalue weighted by molar-refractivity contribution is 5.80. The lowest BCUT2D eigenvalue weighted by Crippen LogP contribution is -2.06. The Balaban J connectivity index is 1.92. The molecule has 124 valence electrons. The van der Waals surface area contributed by atoms with Gasteiger partial charge in [-0.05, 0) is 30.3 Å². The van der Waals surface area contributed by atoms with E-state index in [1.807, 2.05) is 9.13 Å². The summed E-state index contributed by atoms with van der Waals surface area (Å²) in [5, 5.41) is 11.0. The van der Waals surface area contributed by atoms with Crippen LogP contribution in [0.15, 0.2) is 61.2 Å². The predicted molar refractivity (Wildman–Crippen MR) is 89.0 cm³/mol. The van der Waals surface area contributed by atoms with Crippen molar-refractivity contribution in [3.63, 3.8) is 0 Å². The van der Waals surface area contributed by atoms with E-state index in [4.69, 9.17) is 0 Å². The molecule has 0 aliphatic heterocycles. The van der Waals surface area contributed by atoms with Crippen LogP contribution >= 0.6 is 0 Å². The Morgan fingerprint density at radius 1 is 1.16 bits per heavy atom. The number of aromatic nitrogens is 4. The van der Waals surface area contributed by atoms with Crippen molar-refractivity contribution in [3.8, 4) is 5.69 Å². The summed E-state index contributed by atoms with van der Waals surface area (Å²) in [4.78, 5) is 19.1. The number of halogens is 1. The minimum absolute atomic E-state index is 0.0227. The number of hydrogen-bond donors (Lipinski definition) is 0. The average molecular weight is 337 g/mol. The molecule has 2 aromatic heterocycles. The van der Waals surface area contributed by atoms with E-state index in [9.17, 15) is 14.5 Å². The predicted octanol–water partition coefficient (Wildman–Crippen LogP) is 3.32. The largest absolute Gasteiger partial charge is 0.330 e. The van der Waals surface area contributed by atoms with Gasteiger partial charge >= 0.3 is 0 Å². The van der Waals surface area contributed by atoms with Crippen LogP contribution in [0, 0.1) is 15.9 Å². The van der Waals surface area contributed by atoms with Crippen LogP contribution in [0.25, 0.3) is 16.7 Å². The first-order valence-electron chi connectivity index (χ1n) is 7.49. The highest BCUT2D eigenvalue weighted by Gasteiger charge is 2.16. The Morgan fingerprint density at radius 3 is 2.64 bits per heavy atom. The Hall–Kier alpha value is -3.55. The molecular weight excluding hydrogens is 325 g/mol. The normalized spacial score (nSPS) is 11.1. The molecular formula is C17H12FN5O2. The van der Waals surface area contributed by atoms with Crippen LogP contribution in [0.5, 0.6) is 0 Å². The molecule has 0 N–H and O–H groups in total. The van der Waals surface area contributed by atoms with Gasteiger partial charge in [-0.3, -0.25) is 14.7 Å². The molecule has 0 spiro atoms. The second-order valence-electron chi connectivity index (χ2n) is 5.51. The smallest absolute Gasteiger partial charge is 0.271 e. The quantitative estimate of drug-likeness (QED) is 0.423. The minimum atomic E-state index is -0.452. The Bertz CT molecular complexity index is 1050. The zero-order valence-electron chi connectivity index (χ0n) is 12.9. The molecule has 0 atom stereocenters. The zero-order chi connectivity index (χ0) is 17.4. The molecule has 0 radical (unpaired) electrons. The topological polar surface area (TPSA) is 78.8 Å². The van der Waals surface area contributed by atoms with Crippen LogP contribution in [0.1, 0.15) is 5.82 Å². The summed E-state index contributed by atoms with van der Waals surface area (Å²) >= 11 is 0. The molecule has 0 saturated carbocycles. The number of rotatable bonds is 4. The summed E-state index contributed by atoms with van der Waals surface area (Å²) in [5.41, 5.74) is 1.93. The number of nitro groups is 1. The van der Waals surface area contributed by atoms with Crippen molar-refractivity contribution in [2.75, 3.05) is 0 Å². The Morgan fingerprint density at radius 2 is 1.96 bits per heavy atom. The van der Waals surface area contributed by atoms with Gasteiger partial charge in [0.05, 0.1) is 28.8 Å². The van der Waals surface area contributed by atoms with Gasteiger partial charge in [0.15, 0.2) is 0 Å². The second-order valence-corrected chi connectivity index (χ2v) is 5.51. The molecule has 2 aromatic carbocycles. The molecule has 7 nitrogen and oxygen atoms in total. The fourth-order valence-electron chi connectivity index (χ4n) is 2.76. The number of imidazole rings is 2. The number of benzene rings is 2. The fourth-order valence-corrected chi connectivity index (χ4v) is 2.76. The Labute approximate surface area is 141 Å². The SMILES string of the molecule is O=[N+]([O-])c1ccc2c(c1)nc(Cn1ccnc1)n2-c1ccc(F)cc1. The maximum atomic E-state index is 13.3. The van der Waals surface area contributed by atoms with Gasteiger partial charge in [-0.25, -0.2) is 14.4 Å². The first-order chi connectivity index (χ1) is 12.1. The van der Waals surface area contributed by atoms with Gasteiger partial charge in [0, 0.05) is 30.2 Å². The molecule has 2 heterocycles. The maximum absolute atomic E-state index is 13.3. The van der Waals surface area contributed by atoms with Crippen LogP contribution in [-0.2, 0) is 6.54 Å². The highest BCUT2D eigenvalue weighted by Crippen LogP contribution is 2.26. The first kappa shape index (κ1) is 15.0. The van der Waals surface area contributed by atoms with Crippen molar-refractivity contribution in [2.45, 2.75) is 6.54 Å². The summed E-state index contributed by atoms with van der Waals surface area (Å²) in [6.07, 6.45) is 5.13. The number of fused-ring (bicyclic) bond motifs is 1. The van der Waals surface area contributed by atoms with Gasteiger partial charge in [0.2, 0.25) is 0 Å². The van der Waals surface area contributed by atoms with Gasteiger partial charge in [-0.2, -0.15) is 0 Å². The third kappa shape index (κ3) is 2.74. The van der Waals surface area contributed by atoms with Crippen molar-refractivity contribution in [1.82, 2.24) is 19.1 Å². The summed E-state index contributed by atoms with van der Waals surface area (Å²) < 4.78 is 17.0. The summed E-state index contributed by atoms with van der Waals surface area (Å²) in [7, 11) is 0. The molecule has 0 aliphatic carbocycles. The van der Waals surface area contributed by atoms with E-state index in [1.165, 1.54) is 24.3 Å². The molecule has 0 saturated heterocycles. The molecule has 0 unspecified atom stereocenters. The molecule has 25 heavy (non-hydrogen) atoms. The van der Waals surface area contributed by atoms with Gasteiger partial charge in [0.1, 0.15) is 11.6 Å². The zero-order valence-corrected chi connectivity index (χ0v) is 12.9. The average Bonchev–Trinajstić information content (AvgIpc) is 3.22. The number of non-ortho nitro benzene ring substituents is 1. The molecule has 4 rings (SSSR count). The van der Waals surface area contributed by atoms with E-state index in [0.29, 0.717) is 23.4 Å². The van der Waals surface area contributed by atoms with Crippen molar-refractivity contribution in [2.24, 2.45) is 0 Å². The molecule has 0 bridgehead atoms. The molecule has 0 fully saturated rings. The van der Waals surface area contributed by atoms with E-state index in [2.05, 4.69) is 9.97 Å². The maximum Gasteiger partial charge on any atom is 0.271 e. The van der Waals surface area contributed by atoms with E-state index >= 15 is 0 Å². The number of nitro benzene ring substituents is 1. The van der Waals surface area contributed by atoms with E-state index < -0.39 is 4.92 Å². The van der Waals surface area contributed by atoms with Gasteiger partial charge < -0.3 is 4.57 Å². The summed E-state index contributed by atoms with van der Waals surface area (Å²) in [6, 6.07) is 10.6. The number of hydrogen-bond acceptors (Lipinski definition) is 4. The lowest BCUT2D eigenvalue weighted by Gasteiger charge is -2.09. The molecule has 4 aromatic rings. The van der Waals surface area contributed by atoms with E-state index in [-0.39, 0.29) is 11.5 Å². The third-order valence-electron chi connectivity index (χ3n) is 3.89. The van der Waals surface area contributed by atoms with Crippen LogP contribution in [0.4, 0.5) is 10.1 Å². The van der Waals surface area contributed by atoms with Crippen molar-refractivity contribution in [3.05, 3.63) is 82.9 Å². The minimum Gasteiger partial charge on any atom is -0.330 e. The number of nitrogens with zero attached hydrogens (tertiary/aromatic N) is 5. The van der Waals surface area contributed by atoms with Gasteiger partial charge in [-0.15, -0.1) is 0 Å². The van der Waals surface area contributed by atoms with Crippen molar-refractivity contribution >= 4 is 16.7 Å². The molecule has 0 amide bonds. The monoisotopic (exact) mass is 337 g/mol. The van der Waals surface area contributed by atoms with Crippen LogP contribution in [0.3, 0.4) is 0 Å². The lowest BCUT2D eigenvalue weighted by molar-refractivity contribution is -0.384. The standard InChI is InChI=1S/C17H12FN5O2/c18-12-1-3-13(4-2-12)22-16-6-5-14(23(24)25)9-15(16)20-17(22)10-21-8-7-19-11-21/h1-9,11H,10H2. The van der Waals surface area contributed by atoms with E-state index in [1.54, 1.807) is 36.9 Å². The molecule has 0 aliphatic rings. The lowest BCUT2D eigenvalue weighted by atomic mass is 10.2. The van der Waals surface area contributed by atoms with E-state index in [0.717, 1.165) is 5.69 Å². The van der Waals surface area contributed by atoms with Crippen LogP contribution in [0.2, 0.25) is 0 Å². The van der Waals surface area contributed by atoms with Crippen LogP contribution in [-0.4, -0.2) is 24.0 Å². The second kappa shape index (κ2) is 5.82.